The van der Waals surface area contributed by atoms with Crippen molar-refractivity contribution in [2.75, 3.05) is 5.32 Å². The van der Waals surface area contributed by atoms with Crippen LogP contribution in [0, 0.1) is 0 Å². The van der Waals surface area contributed by atoms with E-state index < -0.39 is 0 Å². The number of anilines is 1. The zero-order valence-electron chi connectivity index (χ0n) is 14.8. The van der Waals surface area contributed by atoms with Crippen molar-refractivity contribution in [1.29, 1.82) is 0 Å². The van der Waals surface area contributed by atoms with E-state index in [0.717, 1.165) is 17.2 Å². The Bertz CT molecular complexity index is 1020. The van der Waals surface area contributed by atoms with Gasteiger partial charge >= 0.3 is 0 Å². The Morgan fingerprint density at radius 1 is 1.08 bits per heavy atom. The highest BCUT2D eigenvalue weighted by Crippen LogP contribution is 2.23. The van der Waals surface area contributed by atoms with Crippen LogP contribution in [-0.2, 0) is 0 Å². The molecule has 4 aromatic rings. The molecule has 0 amide bonds. The highest BCUT2D eigenvalue weighted by atomic mass is 16.5. The molecule has 0 spiro atoms. The first-order chi connectivity index (χ1) is 12.6. The number of rotatable bonds is 5. The van der Waals surface area contributed by atoms with Crippen molar-refractivity contribution in [1.82, 2.24) is 29.7 Å². The van der Waals surface area contributed by atoms with Gasteiger partial charge in [-0.05, 0) is 25.0 Å². The predicted octanol–water partition coefficient (Wildman–Crippen LogP) is 3.47. The molecule has 26 heavy (non-hydrogen) atoms. The van der Waals surface area contributed by atoms with Crippen LogP contribution in [0.5, 0.6) is 0 Å². The molecule has 0 bridgehead atoms. The standard InChI is InChI=1S/C18H19N7O/c1-11(2)14-10-16(25-15(22-14)7-9-20-25)21-12(3)18-23-17(24-26-18)13-6-4-5-8-19-13/h4-12,21H,1-3H3. The maximum atomic E-state index is 5.42. The Morgan fingerprint density at radius 3 is 2.73 bits per heavy atom. The Morgan fingerprint density at radius 2 is 1.96 bits per heavy atom. The monoisotopic (exact) mass is 349 g/mol. The van der Waals surface area contributed by atoms with Crippen molar-refractivity contribution < 1.29 is 4.52 Å². The molecule has 8 nitrogen and oxygen atoms in total. The molecule has 4 aromatic heterocycles. The molecule has 1 unspecified atom stereocenters. The Balaban J connectivity index is 1.63. The smallest absolute Gasteiger partial charge is 0.249 e. The topological polar surface area (TPSA) is 94.0 Å². The van der Waals surface area contributed by atoms with Crippen molar-refractivity contribution in [3.63, 3.8) is 0 Å². The van der Waals surface area contributed by atoms with Crippen molar-refractivity contribution >= 4 is 11.5 Å². The Hall–Kier alpha value is -3.29. The second-order valence-corrected chi connectivity index (χ2v) is 6.36. The van der Waals surface area contributed by atoms with Gasteiger partial charge in [-0.1, -0.05) is 25.1 Å². The highest BCUT2D eigenvalue weighted by molar-refractivity contribution is 5.51. The lowest BCUT2D eigenvalue weighted by Crippen LogP contribution is -2.12. The van der Waals surface area contributed by atoms with Gasteiger partial charge in [0.05, 0.1) is 6.20 Å². The average Bonchev–Trinajstić information content (AvgIpc) is 3.32. The lowest BCUT2D eigenvalue weighted by Gasteiger charge is -2.14. The summed E-state index contributed by atoms with van der Waals surface area (Å²) in [4.78, 5) is 13.3. The molecular weight excluding hydrogens is 330 g/mol. The molecule has 4 rings (SSSR count). The fraction of sp³-hybridized carbons (Fsp3) is 0.278. The van der Waals surface area contributed by atoms with E-state index in [2.05, 4.69) is 44.4 Å². The molecule has 0 saturated carbocycles. The first kappa shape index (κ1) is 16.2. The van der Waals surface area contributed by atoms with E-state index >= 15 is 0 Å². The second-order valence-electron chi connectivity index (χ2n) is 6.36. The largest absolute Gasteiger partial charge is 0.358 e. The minimum atomic E-state index is -0.199. The van der Waals surface area contributed by atoms with Crippen LogP contribution in [-0.4, -0.2) is 29.7 Å². The zero-order chi connectivity index (χ0) is 18.1. The van der Waals surface area contributed by atoms with E-state index in [1.807, 2.05) is 37.3 Å². The molecule has 1 N–H and O–H groups in total. The summed E-state index contributed by atoms with van der Waals surface area (Å²) >= 11 is 0. The summed E-state index contributed by atoms with van der Waals surface area (Å²) in [5, 5.41) is 11.7. The number of nitrogens with one attached hydrogen (secondary N) is 1. The van der Waals surface area contributed by atoms with Crippen LogP contribution in [0.25, 0.3) is 17.2 Å². The summed E-state index contributed by atoms with van der Waals surface area (Å²) in [6, 6.07) is 9.26. The van der Waals surface area contributed by atoms with Crippen LogP contribution in [0.1, 0.15) is 44.3 Å². The maximum absolute atomic E-state index is 5.42. The van der Waals surface area contributed by atoms with E-state index in [1.54, 1.807) is 16.9 Å². The summed E-state index contributed by atoms with van der Waals surface area (Å²) in [7, 11) is 0. The fourth-order valence-electron chi connectivity index (χ4n) is 2.62. The van der Waals surface area contributed by atoms with Gasteiger partial charge in [0.15, 0.2) is 5.65 Å². The van der Waals surface area contributed by atoms with Crippen LogP contribution in [0.4, 0.5) is 5.82 Å². The van der Waals surface area contributed by atoms with Gasteiger partial charge < -0.3 is 9.84 Å². The van der Waals surface area contributed by atoms with Crippen LogP contribution in [0.3, 0.4) is 0 Å². The number of aromatic nitrogens is 6. The van der Waals surface area contributed by atoms with Gasteiger partial charge in [0, 0.05) is 24.0 Å². The number of hydrogen-bond donors (Lipinski definition) is 1. The first-order valence-electron chi connectivity index (χ1n) is 8.48. The van der Waals surface area contributed by atoms with Gasteiger partial charge in [0.1, 0.15) is 17.6 Å². The van der Waals surface area contributed by atoms with Crippen molar-refractivity contribution in [3.8, 4) is 11.5 Å². The van der Waals surface area contributed by atoms with E-state index in [-0.39, 0.29) is 6.04 Å². The second kappa shape index (κ2) is 6.55. The van der Waals surface area contributed by atoms with Gasteiger partial charge in [-0.15, -0.1) is 0 Å². The van der Waals surface area contributed by atoms with Gasteiger partial charge in [0.2, 0.25) is 11.7 Å². The number of hydrogen-bond acceptors (Lipinski definition) is 7. The van der Waals surface area contributed by atoms with Crippen LogP contribution < -0.4 is 5.32 Å². The molecule has 0 aromatic carbocycles. The van der Waals surface area contributed by atoms with Crippen molar-refractivity contribution in [3.05, 3.63) is 54.3 Å². The van der Waals surface area contributed by atoms with Crippen LogP contribution in [0.15, 0.2) is 47.2 Å². The molecule has 0 fully saturated rings. The van der Waals surface area contributed by atoms with Crippen LogP contribution >= 0.6 is 0 Å². The molecular formula is C18H19N7O. The maximum Gasteiger partial charge on any atom is 0.249 e. The molecule has 8 heteroatoms. The number of pyridine rings is 1. The zero-order valence-corrected chi connectivity index (χ0v) is 14.8. The quantitative estimate of drug-likeness (QED) is 0.589. The normalized spacial score (nSPS) is 12.6. The predicted molar refractivity (Wildman–Crippen MR) is 96.6 cm³/mol. The molecule has 0 aliphatic rings. The van der Waals surface area contributed by atoms with Crippen LogP contribution in [0.2, 0.25) is 0 Å². The third-order valence-electron chi connectivity index (χ3n) is 4.04. The van der Waals surface area contributed by atoms with E-state index in [9.17, 15) is 0 Å². The minimum Gasteiger partial charge on any atom is -0.358 e. The van der Waals surface area contributed by atoms with Gasteiger partial charge in [0.25, 0.3) is 0 Å². The molecule has 0 aliphatic carbocycles. The van der Waals surface area contributed by atoms with E-state index in [0.29, 0.717) is 23.3 Å². The Kier molecular flexibility index (Phi) is 4.08. The van der Waals surface area contributed by atoms with E-state index in [4.69, 9.17) is 4.52 Å². The molecule has 0 saturated heterocycles. The minimum absolute atomic E-state index is 0.199. The lowest BCUT2D eigenvalue weighted by atomic mass is 10.1. The van der Waals surface area contributed by atoms with Crippen molar-refractivity contribution in [2.45, 2.75) is 32.7 Å². The SMILES string of the molecule is CC(C)c1cc(NC(C)c2nc(-c3ccccn3)no2)n2nccc2n1. The summed E-state index contributed by atoms with van der Waals surface area (Å²) in [6.07, 6.45) is 3.43. The number of fused-ring (bicyclic) bond motifs is 1. The first-order valence-corrected chi connectivity index (χ1v) is 8.48. The summed E-state index contributed by atoms with van der Waals surface area (Å²) < 4.78 is 7.18. The number of nitrogens with zero attached hydrogens (tertiary/aromatic N) is 6. The lowest BCUT2D eigenvalue weighted by molar-refractivity contribution is 0.367. The van der Waals surface area contributed by atoms with Gasteiger partial charge in [-0.25, -0.2) is 4.98 Å². The average molecular weight is 349 g/mol. The van der Waals surface area contributed by atoms with E-state index in [1.165, 1.54) is 0 Å². The molecule has 0 radical (unpaired) electrons. The third-order valence-corrected chi connectivity index (χ3v) is 4.04. The Labute approximate surface area is 150 Å². The van der Waals surface area contributed by atoms with Gasteiger partial charge in [-0.2, -0.15) is 14.6 Å². The van der Waals surface area contributed by atoms with Crippen molar-refractivity contribution in [2.24, 2.45) is 0 Å². The molecule has 4 heterocycles. The molecule has 1 atom stereocenters. The molecule has 132 valence electrons. The summed E-state index contributed by atoms with van der Waals surface area (Å²) in [5.41, 5.74) is 2.47. The fourth-order valence-corrected chi connectivity index (χ4v) is 2.62. The van der Waals surface area contributed by atoms with Gasteiger partial charge in [-0.3, -0.25) is 4.98 Å². The molecule has 0 aliphatic heterocycles. The summed E-state index contributed by atoms with van der Waals surface area (Å²) in [6.45, 7) is 6.18. The third kappa shape index (κ3) is 3.01. The summed E-state index contributed by atoms with van der Waals surface area (Å²) in [5.74, 6) is 2.09. The highest BCUT2D eigenvalue weighted by Gasteiger charge is 2.18.